The molecule has 0 aliphatic heterocycles. The van der Waals surface area contributed by atoms with Crippen LogP contribution in [0.25, 0.3) is 0 Å². The summed E-state index contributed by atoms with van der Waals surface area (Å²) in [7, 11) is -3.70. The molecule has 2 N–H and O–H groups in total. The molecule has 1 aromatic rings. The van der Waals surface area contributed by atoms with Crippen LogP contribution in [0.1, 0.15) is 6.42 Å². The Morgan fingerprint density at radius 2 is 1.91 bits per heavy atom. The molecule has 0 saturated heterocycles. The lowest BCUT2D eigenvalue weighted by Gasteiger charge is -2.07. The molecule has 124 valence electrons. The Morgan fingerprint density at radius 3 is 2.52 bits per heavy atom. The van der Waals surface area contributed by atoms with Gasteiger partial charge < -0.3 is 10.1 Å². The Kier molecular flexibility index (Phi) is 7.74. The molecule has 1 amide bonds. The second kappa shape index (κ2) is 9.29. The predicted molar refractivity (Wildman–Crippen MR) is 86.7 cm³/mol. The predicted octanol–water partition coefficient (Wildman–Crippen LogP) is 0.410. The van der Waals surface area contributed by atoms with Crippen LogP contribution in [0.5, 0.6) is 0 Å². The number of hydrogen-bond acceptors (Lipinski definition) is 5. The Hall–Kier alpha value is -1.89. The van der Waals surface area contributed by atoms with Crippen molar-refractivity contribution in [1.29, 1.82) is 0 Å². The van der Waals surface area contributed by atoms with E-state index >= 15 is 0 Å². The summed E-state index contributed by atoms with van der Waals surface area (Å²) in [6.07, 6.45) is 4.76. The van der Waals surface area contributed by atoms with E-state index in [1.165, 1.54) is 12.1 Å². The monoisotopic (exact) mass is 402 g/mol. The van der Waals surface area contributed by atoms with Crippen LogP contribution in [0, 0.1) is 12.3 Å². The lowest BCUT2D eigenvalue weighted by atomic mass is 10.4. The maximum Gasteiger partial charge on any atom is 0.307 e. The van der Waals surface area contributed by atoms with Gasteiger partial charge in [0.15, 0.2) is 6.61 Å². The summed E-state index contributed by atoms with van der Waals surface area (Å²) in [5.41, 5.74) is 0. The first-order valence-corrected chi connectivity index (χ1v) is 8.74. The Labute approximate surface area is 143 Å². The van der Waals surface area contributed by atoms with E-state index < -0.39 is 28.5 Å². The average Bonchev–Trinajstić information content (AvgIpc) is 2.51. The number of sulfonamides is 1. The quantitative estimate of drug-likeness (QED) is 0.484. The number of amides is 1. The van der Waals surface area contributed by atoms with Crippen molar-refractivity contribution in [1.82, 2.24) is 10.0 Å². The Bertz CT molecular complexity index is 695. The van der Waals surface area contributed by atoms with Gasteiger partial charge in [0.2, 0.25) is 10.0 Å². The maximum atomic E-state index is 11.9. The number of halogens is 1. The molecule has 0 aliphatic carbocycles. The highest BCUT2D eigenvalue weighted by Crippen LogP contribution is 2.14. The standard InChI is InChI=1S/C14H15BrN2O5S/c1-2-8-16-13(18)10-22-14(19)7-9-17-23(20,21)12-5-3-11(15)4-6-12/h1,3-6,17H,7-10H2,(H,16,18). The number of ether oxygens (including phenoxy) is 1. The fraction of sp³-hybridized carbons (Fsp3) is 0.286. The van der Waals surface area contributed by atoms with E-state index in [2.05, 4.69) is 36.6 Å². The molecule has 7 nitrogen and oxygen atoms in total. The van der Waals surface area contributed by atoms with Gasteiger partial charge >= 0.3 is 5.97 Å². The highest BCUT2D eigenvalue weighted by atomic mass is 79.9. The summed E-state index contributed by atoms with van der Waals surface area (Å²) >= 11 is 3.21. The van der Waals surface area contributed by atoms with Crippen LogP contribution < -0.4 is 10.0 Å². The number of hydrogen-bond donors (Lipinski definition) is 2. The van der Waals surface area contributed by atoms with Crippen LogP contribution in [0.3, 0.4) is 0 Å². The topological polar surface area (TPSA) is 102 Å². The Morgan fingerprint density at radius 1 is 1.26 bits per heavy atom. The van der Waals surface area contributed by atoms with Gasteiger partial charge in [0.1, 0.15) is 0 Å². The fourth-order valence-corrected chi connectivity index (χ4v) is 2.70. The summed E-state index contributed by atoms with van der Waals surface area (Å²) in [6.45, 7) is -0.549. The van der Waals surface area contributed by atoms with Gasteiger partial charge in [-0.3, -0.25) is 9.59 Å². The number of carbonyl (C=O) groups excluding carboxylic acids is 2. The minimum atomic E-state index is -3.70. The molecule has 9 heteroatoms. The molecule has 0 radical (unpaired) electrons. The van der Waals surface area contributed by atoms with Crippen LogP contribution in [0.4, 0.5) is 0 Å². The number of rotatable bonds is 8. The Balaban J connectivity index is 2.35. The zero-order valence-electron chi connectivity index (χ0n) is 12.0. The molecule has 0 heterocycles. The molecule has 0 atom stereocenters. The summed E-state index contributed by atoms with van der Waals surface area (Å²) in [5, 5.41) is 2.33. The number of esters is 1. The van der Waals surface area contributed by atoms with Crippen molar-refractivity contribution < 1.29 is 22.7 Å². The summed E-state index contributed by atoms with van der Waals surface area (Å²) < 4.78 is 31.6. The molecule has 1 rings (SSSR count). The van der Waals surface area contributed by atoms with Gasteiger partial charge in [-0.1, -0.05) is 21.9 Å². The fourth-order valence-electron chi connectivity index (χ4n) is 1.40. The van der Waals surface area contributed by atoms with Gasteiger partial charge in [0.05, 0.1) is 17.9 Å². The SMILES string of the molecule is C#CCNC(=O)COC(=O)CCNS(=O)(=O)c1ccc(Br)cc1. The molecule has 0 aromatic heterocycles. The van der Waals surface area contributed by atoms with E-state index in [9.17, 15) is 18.0 Å². The van der Waals surface area contributed by atoms with Gasteiger partial charge in [0, 0.05) is 11.0 Å². The maximum absolute atomic E-state index is 11.9. The zero-order valence-corrected chi connectivity index (χ0v) is 14.4. The molecule has 0 saturated carbocycles. The highest BCUT2D eigenvalue weighted by molar-refractivity contribution is 9.10. The van der Waals surface area contributed by atoms with E-state index in [1.54, 1.807) is 12.1 Å². The molecule has 23 heavy (non-hydrogen) atoms. The highest BCUT2D eigenvalue weighted by Gasteiger charge is 2.14. The molecular weight excluding hydrogens is 388 g/mol. The largest absolute Gasteiger partial charge is 0.456 e. The van der Waals surface area contributed by atoms with E-state index in [-0.39, 0.29) is 24.4 Å². The van der Waals surface area contributed by atoms with Crippen molar-refractivity contribution in [2.45, 2.75) is 11.3 Å². The number of benzene rings is 1. The van der Waals surface area contributed by atoms with Gasteiger partial charge in [-0.05, 0) is 24.3 Å². The van der Waals surface area contributed by atoms with Crippen molar-refractivity contribution in [2.24, 2.45) is 0 Å². The first kappa shape index (κ1) is 19.2. The number of carbonyl (C=O) groups is 2. The van der Waals surface area contributed by atoms with Crippen molar-refractivity contribution in [3.8, 4) is 12.3 Å². The van der Waals surface area contributed by atoms with E-state index in [1.807, 2.05) is 0 Å². The van der Waals surface area contributed by atoms with E-state index in [0.29, 0.717) is 0 Å². The lowest BCUT2D eigenvalue weighted by Crippen LogP contribution is -2.30. The van der Waals surface area contributed by atoms with E-state index in [4.69, 9.17) is 6.42 Å². The van der Waals surface area contributed by atoms with Crippen LogP contribution in [-0.2, 0) is 24.3 Å². The lowest BCUT2D eigenvalue weighted by molar-refractivity contribution is -0.148. The van der Waals surface area contributed by atoms with Crippen LogP contribution in [-0.4, -0.2) is 40.0 Å². The summed E-state index contributed by atoms with van der Waals surface area (Å²) in [5.74, 6) is 0.988. The number of terminal acetylenes is 1. The second-order valence-corrected chi connectivity index (χ2v) is 6.93. The van der Waals surface area contributed by atoms with Crippen molar-refractivity contribution in [2.75, 3.05) is 19.7 Å². The zero-order chi connectivity index (χ0) is 17.3. The van der Waals surface area contributed by atoms with Crippen LogP contribution in [0.2, 0.25) is 0 Å². The van der Waals surface area contributed by atoms with Gasteiger partial charge in [-0.15, -0.1) is 6.42 Å². The molecule has 0 unspecified atom stereocenters. The van der Waals surface area contributed by atoms with Gasteiger partial charge in [-0.2, -0.15) is 0 Å². The number of nitrogens with one attached hydrogen (secondary N) is 2. The second-order valence-electron chi connectivity index (χ2n) is 4.24. The van der Waals surface area contributed by atoms with E-state index in [0.717, 1.165) is 4.47 Å². The van der Waals surface area contributed by atoms with Gasteiger partial charge in [0.25, 0.3) is 5.91 Å². The summed E-state index contributed by atoms with van der Waals surface area (Å²) in [4.78, 5) is 22.6. The smallest absolute Gasteiger partial charge is 0.307 e. The molecule has 0 spiro atoms. The van der Waals surface area contributed by atoms with Crippen molar-refractivity contribution in [3.63, 3.8) is 0 Å². The first-order chi connectivity index (χ1) is 10.8. The molecule has 0 fully saturated rings. The average molecular weight is 403 g/mol. The van der Waals surface area contributed by atoms with Crippen molar-refractivity contribution >= 4 is 37.8 Å². The van der Waals surface area contributed by atoms with Gasteiger partial charge in [-0.25, -0.2) is 13.1 Å². The third-order valence-corrected chi connectivity index (χ3v) is 4.50. The summed E-state index contributed by atoms with van der Waals surface area (Å²) in [6, 6.07) is 6.05. The van der Waals surface area contributed by atoms with Crippen molar-refractivity contribution in [3.05, 3.63) is 28.7 Å². The molecule has 0 aliphatic rings. The minimum Gasteiger partial charge on any atom is -0.456 e. The molecular formula is C14H15BrN2O5S. The third-order valence-electron chi connectivity index (χ3n) is 2.50. The molecule has 1 aromatic carbocycles. The molecule has 0 bridgehead atoms. The van der Waals surface area contributed by atoms with Crippen LogP contribution >= 0.6 is 15.9 Å². The normalized spacial score (nSPS) is 10.6. The third kappa shape index (κ3) is 7.27. The van der Waals surface area contributed by atoms with Crippen LogP contribution in [0.15, 0.2) is 33.6 Å². The minimum absolute atomic E-state index is 0.0450. The first-order valence-electron chi connectivity index (χ1n) is 6.46.